The van der Waals surface area contributed by atoms with Gasteiger partial charge in [-0.05, 0) is 13.8 Å². The summed E-state index contributed by atoms with van der Waals surface area (Å²) < 4.78 is 0. The maximum Gasteiger partial charge on any atom is 0.275 e. The lowest BCUT2D eigenvalue weighted by Crippen LogP contribution is -2.09. The van der Waals surface area contributed by atoms with E-state index in [9.17, 15) is 4.79 Å². The van der Waals surface area contributed by atoms with E-state index in [1.807, 2.05) is 6.92 Å². The molecule has 0 bridgehead atoms. The fourth-order valence-electron chi connectivity index (χ4n) is 1.21. The molecule has 12 heavy (non-hydrogen) atoms. The van der Waals surface area contributed by atoms with Crippen molar-refractivity contribution in [2.24, 2.45) is 0 Å². The normalized spacial score (nSPS) is 10.8. The fourth-order valence-corrected chi connectivity index (χ4v) is 1.21. The lowest BCUT2D eigenvalue weighted by Gasteiger charge is -1.90. The van der Waals surface area contributed by atoms with Gasteiger partial charge in [-0.1, -0.05) is 0 Å². The van der Waals surface area contributed by atoms with Crippen LogP contribution < -0.4 is 5.56 Å². The maximum absolute atomic E-state index is 11.2. The molecule has 5 heteroatoms. The summed E-state index contributed by atoms with van der Waals surface area (Å²) in [5.74, 6) is 0. The third kappa shape index (κ3) is 0.761. The molecule has 0 radical (unpaired) electrons. The predicted octanol–water partition coefficient (Wildman–Crippen LogP) is 0.263. The number of nitrogens with one attached hydrogen (secondary N) is 2. The van der Waals surface area contributed by atoms with Crippen LogP contribution in [-0.4, -0.2) is 20.4 Å². The Balaban J connectivity index is 3.09. The van der Waals surface area contributed by atoms with Gasteiger partial charge in [0, 0.05) is 5.69 Å². The molecule has 2 N–H and O–H groups in total. The van der Waals surface area contributed by atoms with Gasteiger partial charge in [0.2, 0.25) is 0 Å². The molecule has 2 aromatic rings. The Morgan fingerprint density at radius 3 is 2.58 bits per heavy atom. The zero-order valence-corrected chi connectivity index (χ0v) is 6.80. The highest BCUT2D eigenvalue weighted by Crippen LogP contribution is 2.10. The van der Waals surface area contributed by atoms with Gasteiger partial charge >= 0.3 is 0 Å². The Hall–Kier alpha value is -1.65. The third-order valence-corrected chi connectivity index (χ3v) is 1.84. The minimum Gasteiger partial charge on any atom is -0.281 e. The van der Waals surface area contributed by atoms with Gasteiger partial charge in [-0.15, -0.1) is 0 Å². The SMILES string of the molecule is Cc1n[nH]c(=O)c2c(C)[nH]nc12. The number of aromatic nitrogens is 4. The molecule has 62 valence electrons. The molecule has 0 unspecified atom stereocenters. The molecule has 0 aliphatic carbocycles. The monoisotopic (exact) mass is 164 g/mol. The largest absolute Gasteiger partial charge is 0.281 e. The summed E-state index contributed by atoms with van der Waals surface area (Å²) in [5, 5.41) is 13.5. The first kappa shape index (κ1) is 7.02. The first-order chi connectivity index (χ1) is 5.70. The van der Waals surface area contributed by atoms with Gasteiger partial charge in [0.1, 0.15) is 5.52 Å². The second-order valence-electron chi connectivity index (χ2n) is 2.71. The Bertz CT molecular complexity index is 482. The Labute approximate surface area is 67.8 Å². The van der Waals surface area contributed by atoms with Gasteiger partial charge in [0.05, 0.1) is 11.1 Å². The smallest absolute Gasteiger partial charge is 0.275 e. The molecule has 0 saturated carbocycles. The molecule has 0 aromatic carbocycles. The summed E-state index contributed by atoms with van der Waals surface area (Å²) in [6.07, 6.45) is 0. The average molecular weight is 164 g/mol. The van der Waals surface area contributed by atoms with E-state index in [4.69, 9.17) is 0 Å². The summed E-state index contributed by atoms with van der Waals surface area (Å²) in [4.78, 5) is 11.2. The number of nitrogens with zero attached hydrogens (tertiary/aromatic N) is 2. The van der Waals surface area contributed by atoms with E-state index in [0.717, 1.165) is 11.4 Å². The lowest BCUT2D eigenvalue weighted by atomic mass is 10.2. The second-order valence-corrected chi connectivity index (χ2v) is 2.71. The molecule has 0 aliphatic heterocycles. The number of fused-ring (bicyclic) bond motifs is 1. The number of aryl methyl sites for hydroxylation is 2. The Morgan fingerprint density at radius 1 is 1.17 bits per heavy atom. The van der Waals surface area contributed by atoms with Crippen molar-refractivity contribution in [2.75, 3.05) is 0 Å². The van der Waals surface area contributed by atoms with Gasteiger partial charge in [0.25, 0.3) is 5.56 Å². The average Bonchev–Trinajstić information content (AvgIpc) is 2.42. The van der Waals surface area contributed by atoms with Gasteiger partial charge < -0.3 is 0 Å². The molecule has 0 atom stereocenters. The highest BCUT2D eigenvalue weighted by Gasteiger charge is 2.08. The van der Waals surface area contributed by atoms with E-state index in [2.05, 4.69) is 20.4 Å². The predicted molar refractivity (Wildman–Crippen MR) is 44.0 cm³/mol. The molecule has 0 aliphatic rings. The van der Waals surface area contributed by atoms with Crippen LogP contribution in [0.5, 0.6) is 0 Å². The van der Waals surface area contributed by atoms with Gasteiger partial charge in [-0.2, -0.15) is 10.2 Å². The van der Waals surface area contributed by atoms with Crippen LogP contribution in [0.4, 0.5) is 0 Å². The number of hydrogen-bond acceptors (Lipinski definition) is 3. The Morgan fingerprint density at radius 2 is 1.92 bits per heavy atom. The molecule has 2 aromatic heterocycles. The highest BCUT2D eigenvalue weighted by atomic mass is 16.1. The topological polar surface area (TPSA) is 74.4 Å². The third-order valence-electron chi connectivity index (χ3n) is 1.84. The van der Waals surface area contributed by atoms with Crippen molar-refractivity contribution in [1.29, 1.82) is 0 Å². The molecule has 5 nitrogen and oxygen atoms in total. The maximum atomic E-state index is 11.2. The highest BCUT2D eigenvalue weighted by molar-refractivity contribution is 5.81. The summed E-state index contributed by atoms with van der Waals surface area (Å²) >= 11 is 0. The molecule has 2 rings (SSSR count). The molecular weight excluding hydrogens is 156 g/mol. The minimum atomic E-state index is -0.193. The summed E-state index contributed by atoms with van der Waals surface area (Å²) in [6, 6.07) is 0. The standard InChI is InChI=1S/C7H8N4O/c1-3-5-6(10-8-3)4(2)9-11-7(5)12/h1-2H3,(H,8,10)(H,11,12). The van der Waals surface area contributed by atoms with Crippen LogP contribution in [0.25, 0.3) is 10.9 Å². The summed E-state index contributed by atoms with van der Waals surface area (Å²) in [6.45, 7) is 3.61. The van der Waals surface area contributed by atoms with E-state index < -0.39 is 0 Å². The van der Waals surface area contributed by atoms with Crippen molar-refractivity contribution in [3.05, 3.63) is 21.7 Å². The van der Waals surface area contributed by atoms with Crippen LogP contribution in [-0.2, 0) is 0 Å². The van der Waals surface area contributed by atoms with Gasteiger partial charge in [-0.25, -0.2) is 5.10 Å². The molecular formula is C7H8N4O. The quantitative estimate of drug-likeness (QED) is 0.586. The number of rotatable bonds is 0. The van der Waals surface area contributed by atoms with Crippen molar-refractivity contribution in [2.45, 2.75) is 13.8 Å². The molecule has 0 fully saturated rings. The summed E-state index contributed by atoms with van der Waals surface area (Å²) in [7, 11) is 0. The Kier molecular flexibility index (Phi) is 1.27. The van der Waals surface area contributed by atoms with E-state index in [1.54, 1.807) is 6.92 Å². The van der Waals surface area contributed by atoms with Crippen LogP contribution in [0, 0.1) is 13.8 Å². The number of hydrogen-bond donors (Lipinski definition) is 2. The van der Waals surface area contributed by atoms with Crippen molar-refractivity contribution < 1.29 is 0 Å². The summed E-state index contributed by atoms with van der Waals surface area (Å²) in [5.41, 5.74) is 1.96. The van der Waals surface area contributed by atoms with Crippen LogP contribution in [0.15, 0.2) is 4.79 Å². The van der Waals surface area contributed by atoms with Gasteiger partial charge in [0.15, 0.2) is 0 Å². The zero-order valence-electron chi connectivity index (χ0n) is 6.80. The van der Waals surface area contributed by atoms with Crippen molar-refractivity contribution in [3.8, 4) is 0 Å². The molecule has 0 spiro atoms. The van der Waals surface area contributed by atoms with Crippen LogP contribution in [0.3, 0.4) is 0 Å². The van der Waals surface area contributed by atoms with Crippen LogP contribution >= 0.6 is 0 Å². The lowest BCUT2D eigenvalue weighted by molar-refractivity contribution is 0.964. The van der Waals surface area contributed by atoms with E-state index >= 15 is 0 Å². The number of H-pyrrole nitrogens is 2. The van der Waals surface area contributed by atoms with Crippen LogP contribution in [0.1, 0.15) is 11.4 Å². The van der Waals surface area contributed by atoms with Crippen molar-refractivity contribution in [1.82, 2.24) is 20.4 Å². The molecule has 0 saturated heterocycles. The van der Waals surface area contributed by atoms with Gasteiger partial charge in [-0.3, -0.25) is 9.89 Å². The van der Waals surface area contributed by atoms with Crippen LogP contribution in [0.2, 0.25) is 0 Å². The zero-order chi connectivity index (χ0) is 8.72. The first-order valence-corrected chi connectivity index (χ1v) is 3.60. The van der Waals surface area contributed by atoms with Crippen molar-refractivity contribution >= 4 is 10.9 Å². The van der Waals surface area contributed by atoms with Crippen molar-refractivity contribution in [3.63, 3.8) is 0 Å². The fraction of sp³-hybridized carbons (Fsp3) is 0.286. The second kappa shape index (κ2) is 2.17. The number of aromatic amines is 2. The van der Waals surface area contributed by atoms with E-state index in [1.165, 1.54) is 0 Å². The molecule has 2 heterocycles. The first-order valence-electron chi connectivity index (χ1n) is 3.60. The van der Waals surface area contributed by atoms with E-state index in [-0.39, 0.29) is 5.56 Å². The molecule has 0 amide bonds. The van der Waals surface area contributed by atoms with E-state index in [0.29, 0.717) is 10.9 Å². The minimum absolute atomic E-state index is 0.193.